The lowest BCUT2D eigenvalue weighted by Crippen LogP contribution is -2.30. The second-order valence-electron chi connectivity index (χ2n) is 3.22. The molecule has 1 unspecified atom stereocenters. The summed E-state index contributed by atoms with van der Waals surface area (Å²) in [6.07, 6.45) is -8.49. The van der Waals surface area contributed by atoms with Crippen LogP contribution in [0.3, 0.4) is 0 Å². The first-order valence-corrected chi connectivity index (χ1v) is 4.25. The molecule has 4 N–H and O–H groups in total. The van der Waals surface area contributed by atoms with Crippen molar-refractivity contribution in [1.29, 1.82) is 0 Å². The summed E-state index contributed by atoms with van der Waals surface area (Å²) >= 11 is 0. The first-order valence-electron chi connectivity index (χ1n) is 4.25. The Morgan fingerprint density at radius 3 is 2.25 bits per heavy atom. The molecule has 0 saturated carbocycles. The van der Waals surface area contributed by atoms with Crippen molar-refractivity contribution in [3.63, 3.8) is 0 Å². The summed E-state index contributed by atoms with van der Waals surface area (Å²) in [6, 6.07) is 2.37. The second kappa shape index (κ2) is 4.07. The molecule has 1 aromatic carbocycles. The van der Waals surface area contributed by atoms with Gasteiger partial charge >= 0.3 is 12.5 Å². The minimum Gasteiger partial charge on any atom is -0.450 e. The van der Waals surface area contributed by atoms with Gasteiger partial charge in [-0.05, 0) is 24.6 Å². The summed E-state index contributed by atoms with van der Waals surface area (Å²) in [5.41, 5.74) is 11.4. The SMILES string of the molecule is Cc1cc(OC(F)C(F)(F)F)c(N)cc1N. The molecule has 0 aliphatic rings. The Kier molecular flexibility index (Phi) is 3.16. The van der Waals surface area contributed by atoms with Gasteiger partial charge in [0.1, 0.15) is 5.75 Å². The van der Waals surface area contributed by atoms with E-state index in [0.29, 0.717) is 11.3 Å². The summed E-state index contributed by atoms with van der Waals surface area (Å²) in [5, 5.41) is 0. The van der Waals surface area contributed by atoms with Gasteiger partial charge in [-0.3, -0.25) is 0 Å². The number of ether oxygens (including phenoxy) is 1. The molecule has 0 amide bonds. The molecule has 0 aliphatic carbocycles. The molecule has 0 radical (unpaired) electrons. The maximum atomic E-state index is 12.6. The van der Waals surface area contributed by atoms with Crippen LogP contribution in [0.1, 0.15) is 5.56 Å². The average molecular weight is 238 g/mol. The summed E-state index contributed by atoms with van der Waals surface area (Å²) in [5.74, 6) is -0.378. The molecular formula is C9H10F4N2O. The van der Waals surface area contributed by atoms with Crippen LogP contribution in [0.15, 0.2) is 12.1 Å². The van der Waals surface area contributed by atoms with Crippen molar-refractivity contribution in [2.75, 3.05) is 11.5 Å². The lowest BCUT2D eigenvalue weighted by Gasteiger charge is -2.16. The van der Waals surface area contributed by atoms with Crippen LogP contribution < -0.4 is 16.2 Å². The molecule has 1 aromatic rings. The van der Waals surface area contributed by atoms with E-state index < -0.39 is 12.5 Å². The number of hydrogen-bond acceptors (Lipinski definition) is 3. The predicted molar refractivity (Wildman–Crippen MR) is 51.6 cm³/mol. The molecule has 0 aliphatic heterocycles. The molecule has 1 atom stereocenters. The molecule has 0 heterocycles. The highest BCUT2D eigenvalue weighted by Gasteiger charge is 2.42. The summed E-state index contributed by atoms with van der Waals surface area (Å²) in [6.45, 7) is 1.54. The molecule has 0 fully saturated rings. The van der Waals surface area contributed by atoms with Gasteiger partial charge in [-0.25, -0.2) is 0 Å². The van der Waals surface area contributed by atoms with Crippen molar-refractivity contribution < 1.29 is 22.3 Å². The molecule has 7 heteroatoms. The summed E-state index contributed by atoms with van der Waals surface area (Å²) in [7, 11) is 0. The van der Waals surface area contributed by atoms with E-state index >= 15 is 0 Å². The first kappa shape index (κ1) is 12.4. The molecule has 90 valence electrons. The Morgan fingerprint density at radius 2 is 1.75 bits per heavy atom. The summed E-state index contributed by atoms with van der Waals surface area (Å²) < 4.78 is 52.3. The molecule has 0 aromatic heterocycles. The van der Waals surface area contributed by atoms with E-state index in [1.807, 2.05) is 0 Å². The van der Waals surface area contributed by atoms with Gasteiger partial charge in [0.25, 0.3) is 0 Å². The first-order chi connectivity index (χ1) is 7.21. The van der Waals surface area contributed by atoms with Gasteiger partial charge < -0.3 is 16.2 Å². The Bertz CT molecular complexity index is 392. The number of nitrogens with two attached hydrogens (primary N) is 2. The highest BCUT2D eigenvalue weighted by Crippen LogP contribution is 2.32. The Morgan fingerprint density at radius 1 is 1.19 bits per heavy atom. The largest absolute Gasteiger partial charge is 0.457 e. The van der Waals surface area contributed by atoms with Crippen molar-refractivity contribution in [1.82, 2.24) is 0 Å². The zero-order valence-corrected chi connectivity index (χ0v) is 8.31. The summed E-state index contributed by atoms with van der Waals surface area (Å²) in [4.78, 5) is 0. The van der Waals surface area contributed by atoms with Crippen molar-refractivity contribution in [3.05, 3.63) is 17.7 Å². The quantitative estimate of drug-likeness (QED) is 0.614. The third-order valence-electron chi connectivity index (χ3n) is 1.89. The number of hydrogen-bond donors (Lipinski definition) is 2. The van der Waals surface area contributed by atoms with E-state index in [9.17, 15) is 17.6 Å². The van der Waals surface area contributed by atoms with Crippen LogP contribution >= 0.6 is 0 Å². The number of anilines is 2. The van der Waals surface area contributed by atoms with Crippen LogP contribution in [0.5, 0.6) is 5.75 Å². The molecule has 3 nitrogen and oxygen atoms in total. The lowest BCUT2D eigenvalue weighted by molar-refractivity contribution is -0.236. The zero-order chi connectivity index (χ0) is 12.5. The molecule has 16 heavy (non-hydrogen) atoms. The molecular weight excluding hydrogens is 228 g/mol. The zero-order valence-electron chi connectivity index (χ0n) is 8.31. The van der Waals surface area contributed by atoms with Crippen LogP contribution in [-0.4, -0.2) is 12.5 Å². The smallest absolute Gasteiger partial charge is 0.450 e. The van der Waals surface area contributed by atoms with Gasteiger partial charge in [-0.1, -0.05) is 0 Å². The van der Waals surface area contributed by atoms with Crippen LogP contribution in [0, 0.1) is 6.92 Å². The van der Waals surface area contributed by atoms with E-state index in [1.54, 1.807) is 6.92 Å². The van der Waals surface area contributed by atoms with Crippen molar-refractivity contribution in [3.8, 4) is 5.75 Å². The van der Waals surface area contributed by atoms with Gasteiger partial charge in [0.15, 0.2) is 0 Å². The monoisotopic (exact) mass is 238 g/mol. The van der Waals surface area contributed by atoms with Crippen molar-refractivity contribution >= 4 is 11.4 Å². The second-order valence-corrected chi connectivity index (χ2v) is 3.22. The maximum absolute atomic E-state index is 12.6. The number of alkyl halides is 4. The Hall–Kier alpha value is -1.66. The van der Waals surface area contributed by atoms with Crippen LogP contribution in [0.4, 0.5) is 28.9 Å². The molecule has 0 bridgehead atoms. The highest BCUT2D eigenvalue weighted by atomic mass is 19.4. The van der Waals surface area contributed by atoms with Gasteiger partial charge in [0.05, 0.1) is 5.69 Å². The van der Waals surface area contributed by atoms with Gasteiger partial charge in [0.2, 0.25) is 0 Å². The average Bonchev–Trinajstić information content (AvgIpc) is 2.12. The fourth-order valence-electron chi connectivity index (χ4n) is 0.996. The third-order valence-corrected chi connectivity index (χ3v) is 1.89. The number of nitrogen functional groups attached to an aromatic ring is 2. The van der Waals surface area contributed by atoms with E-state index in [4.69, 9.17) is 11.5 Å². The Balaban J connectivity index is 2.94. The van der Waals surface area contributed by atoms with Crippen molar-refractivity contribution in [2.45, 2.75) is 19.5 Å². The number of benzene rings is 1. The van der Waals surface area contributed by atoms with Crippen molar-refractivity contribution in [2.24, 2.45) is 0 Å². The van der Waals surface area contributed by atoms with Gasteiger partial charge in [-0.15, -0.1) is 0 Å². The van der Waals surface area contributed by atoms with E-state index in [0.717, 1.165) is 6.07 Å². The third kappa shape index (κ3) is 2.68. The van der Waals surface area contributed by atoms with Gasteiger partial charge in [0, 0.05) is 5.69 Å². The minimum atomic E-state index is -5.08. The van der Waals surface area contributed by atoms with E-state index in [-0.39, 0.29) is 11.4 Å². The van der Waals surface area contributed by atoms with Crippen LogP contribution in [0.2, 0.25) is 0 Å². The predicted octanol–water partition coefficient (Wildman–Crippen LogP) is 2.40. The number of rotatable bonds is 2. The van der Waals surface area contributed by atoms with Crippen LogP contribution in [0.25, 0.3) is 0 Å². The lowest BCUT2D eigenvalue weighted by atomic mass is 10.1. The fourth-order valence-corrected chi connectivity index (χ4v) is 0.996. The number of aryl methyl sites for hydroxylation is 1. The standard InChI is InChI=1S/C9H10F4N2O/c1-4-2-7(6(15)3-5(4)14)16-8(10)9(11,12)13/h2-3,8H,14-15H2,1H3. The molecule has 1 rings (SSSR count). The highest BCUT2D eigenvalue weighted by molar-refractivity contribution is 5.64. The topological polar surface area (TPSA) is 61.3 Å². The van der Waals surface area contributed by atoms with Gasteiger partial charge in [-0.2, -0.15) is 17.6 Å². The minimum absolute atomic E-state index is 0.144. The normalized spacial score (nSPS) is 13.6. The maximum Gasteiger partial charge on any atom is 0.457 e. The number of halogens is 4. The molecule has 0 saturated heterocycles. The van der Waals surface area contributed by atoms with E-state index in [2.05, 4.69) is 4.74 Å². The molecule has 0 spiro atoms. The fraction of sp³-hybridized carbons (Fsp3) is 0.333. The Labute approximate surface area is 89.0 Å². The van der Waals surface area contributed by atoms with E-state index in [1.165, 1.54) is 6.07 Å². The van der Waals surface area contributed by atoms with Crippen LogP contribution in [-0.2, 0) is 0 Å².